The fourth-order valence-corrected chi connectivity index (χ4v) is 3.29. The number of methoxy groups -OCH3 is 1. The second-order valence-corrected chi connectivity index (χ2v) is 7.17. The lowest BCUT2D eigenvalue weighted by molar-refractivity contribution is -0.384. The Morgan fingerprint density at radius 3 is 2.77 bits per heavy atom. The van der Waals surface area contributed by atoms with Crippen LogP contribution in [0.3, 0.4) is 0 Å². The summed E-state index contributed by atoms with van der Waals surface area (Å²) in [5.74, 6) is -0.834. The molecular weight excluding hydrogens is 436 g/mol. The van der Waals surface area contributed by atoms with E-state index >= 15 is 0 Å². The first kappa shape index (κ1) is 21.1. The molecule has 30 heavy (non-hydrogen) atoms. The van der Waals surface area contributed by atoms with Crippen molar-refractivity contribution in [1.29, 1.82) is 0 Å². The van der Waals surface area contributed by atoms with E-state index in [0.29, 0.717) is 33.9 Å². The van der Waals surface area contributed by atoms with E-state index in [9.17, 15) is 25.1 Å². The summed E-state index contributed by atoms with van der Waals surface area (Å²) in [5, 5.41) is 37.5. The van der Waals surface area contributed by atoms with Gasteiger partial charge < -0.3 is 14.9 Å². The van der Waals surface area contributed by atoms with Gasteiger partial charge in [0.1, 0.15) is 16.4 Å². The molecule has 2 aromatic carbocycles. The van der Waals surface area contributed by atoms with Crippen molar-refractivity contribution >= 4 is 41.1 Å². The third-order valence-electron chi connectivity index (χ3n) is 3.80. The van der Waals surface area contributed by atoms with Gasteiger partial charge in [0.05, 0.1) is 17.6 Å². The number of carbonyl (C=O) groups is 1. The number of aliphatic carboxylic acids is 1. The van der Waals surface area contributed by atoms with Crippen molar-refractivity contribution in [3.05, 3.63) is 62.0 Å². The average molecular weight is 449 g/mol. The molecule has 12 heteroatoms. The molecule has 1 heterocycles. The van der Waals surface area contributed by atoms with E-state index < -0.39 is 10.9 Å². The van der Waals surface area contributed by atoms with E-state index in [0.717, 1.165) is 24.3 Å². The molecule has 0 aliphatic carbocycles. The number of ether oxygens (including phenoxy) is 1. The van der Waals surface area contributed by atoms with Crippen LogP contribution in [-0.2, 0) is 4.79 Å². The predicted molar refractivity (Wildman–Crippen MR) is 110 cm³/mol. The molecule has 3 aromatic rings. The topological polar surface area (TPSA) is 151 Å². The summed E-state index contributed by atoms with van der Waals surface area (Å²) in [4.78, 5) is 25.9. The number of carboxylic acids is 1. The highest BCUT2D eigenvalue weighted by Crippen LogP contribution is 2.34. The fraction of sp³-hybridized carbons (Fsp3) is 0.0556. The number of phenols is 1. The molecule has 0 amide bonds. The lowest BCUT2D eigenvalue weighted by Crippen LogP contribution is -1.98. The highest BCUT2D eigenvalue weighted by atomic mass is 35.5. The molecule has 0 saturated heterocycles. The van der Waals surface area contributed by atoms with Crippen LogP contribution < -0.4 is 4.74 Å². The molecule has 0 bridgehead atoms. The summed E-state index contributed by atoms with van der Waals surface area (Å²) < 4.78 is 5.26. The summed E-state index contributed by atoms with van der Waals surface area (Å²) in [6, 6.07) is 8.21. The number of aromatic amines is 1. The van der Waals surface area contributed by atoms with Gasteiger partial charge >= 0.3 is 5.97 Å². The number of non-ortho nitro benzene ring substituents is 1. The molecule has 0 aliphatic heterocycles. The van der Waals surface area contributed by atoms with Crippen LogP contribution in [0, 0.1) is 10.1 Å². The Morgan fingerprint density at radius 1 is 1.33 bits per heavy atom. The fourth-order valence-electron chi connectivity index (χ4n) is 2.42. The van der Waals surface area contributed by atoms with Crippen molar-refractivity contribution in [3.63, 3.8) is 0 Å². The molecule has 10 nitrogen and oxygen atoms in total. The Morgan fingerprint density at radius 2 is 2.10 bits per heavy atom. The Hall–Kier alpha value is -3.57. The summed E-state index contributed by atoms with van der Waals surface area (Å²) in [7, 11) is 1.48. The molecule has 0 unspecified atom stereocenters. The number of H-pyrrole nitrogens is 1. The van der Waals surface area contributed by atoms with Crippen molar-refractivity contribution in [2.75, 3.05) is 7.11 Å². The average Bonchev–Trinajstić information content (AvgIpc) is 3.17. The van der Waals surface area contributed by atoms with Gasteiger partial charge in [0.15, 0.2) is 5.82 Å². The maximum Gasteiger partial charge on any atom is 0.342 e. The molecular formula is C18H13ClN4O6S. The van der Waals surface area contributed by atoms with Crippen molar-refractivity contribution in [2.45, 2.75) is 5.16 Å². The minimum Gasteiger partial charge on any atom is -0.507 e. The van der Waals surface area contributed by atoms with Crippen LogP contribution in [0.4, 0.5) is 5.69 Å². The monoisotopic (exact) mass is 448 g/mol. The number of aromatic hydroxyl groups is 1. The van der Waals surface area contributed by atoms with Crippen LogP contribution in [0.5, 0.6) is 11.5 Å². The molecule has 0 atom stereocenters. The van der Waals surface area contributed by atoms with Gasteiger partial charge in [-0.25, -0.2) is 9.78 Å². The molecule has 3 rings (SSSR count). The number of nitro benzene ring substituents is 1. The van der Waals surface area contributed by atoms with E-state index in [-0.39, 0.29) is 27.1 Å². The lowest BCUT2D eigenvalue weighted by Gasteiger charge is -2.05. The smallest absolute Gasteiger partial charge is 0.342 e. The maximum absolute atomic E-state index is 11.7. The number of aromatic nitrogens is 3. The second kappa shape index (κ2) is 8.84. The van der Waals surface area contributed by atoms with Gasteiger partial charge in [-0.1, -0.05) is 11.6 Å². The summed E-state index contributed by atoms with van der Waals surface area (Å²) in [5.41, 5.74) is 0.213. The normalized spacial score (nSPS) is 11.3. The predicted octanol–water partition coefficient (Wildman–Crippen LogP) is 3.97. The minimum atomic E-state index is -1.32. The van der Waals surface area contributed by atoms with E-state index in [2.05, 4.69) is 15.2 Å². The van der Waals surface area contributed by atoms with Gasteiger partial charge in [0.25, 0.3) is 5.69 Å². The molecule has 0 radical (unpaired) electrons. The molecule has 3 N–H and O–H groups in total. The van der Waals surface area contributed by atoms with E-state index in [4.69, 9.17) is 16.3 Å². The third-order valence-corrected chi connectivity index (χ3v) is 4.91. The largest absolute Gasteiger partial charge is 0.507 e. The van der Waals surface area contributed by atoms with Gasteiger partial charge in [-0.05, 0) is 42.1 Å². The Balaban J connectivity index is 1.94. The quantitative estimate of drug-likeness (QED) is 0.211. The molecule has 0 spiro atoms. The number of thioether (sulfide) groups is 1. The molecule has 154 valence electrons. The lowest BCUT2D eigenvalue weighted by atomic mass is 10.1. The number of rotatable bonds is 7. The maximum atomic E-state index is 11.7. The van der Waals surface area contributed by atoms with Gasteiger partial charge in [-0.3, -0.25) is 15.2 Å². The zero-order chi connectivity index (χ0) is 21.8. The molecule has 1 aromatic heterocycles. The number of nitrogens with one attached hydrogen (secondary N) is 1. The number of halogens is 1. The number of nitro groups is 1. The highest BCUT2D eigenvalue weighted by molar-refractivity contribution is 8.04. The first-order chi connectivity index (χ1) is 14.3. The first-order valence-corrected chi connectivity index (χ1v) is 9.34. The molecule has 0 aliphatic rings. The van der Waals surface area contributed by atoms with E-state index in [1.165, 1.54) is 7.11 Å². The van der Waals surface area contributed by atoms with Crippen LogP contribution in [0.15, 0.2) is 46.5 Å². The minimum absolute atomic E-state index is 0.0265. The van der Waals surface area contributed by atoms with Crippen molar-refractivity contribution < 1.29 is 24.7 Å². The van der Waals surface area contributed by atoms with Gasteiger partial charge in [-0.2, -0.15) is 0 Å². The third kappa shape index (κ3) is 4.70. The first-order valence-electron chi connectivity index (χ1n) is 8.15. The zero-order valence-corrected chi connectivity index (χ0v) is 16.8. The number of benzene rings is 2. The van der Waals surface area contributed by atoms with Gasteiger partial charge in [0, 0.05) is 22.7 Å². The van der Waals surface area contributed by atoms with Crippen molar-refractivity contribution in [2.24, 2.45) is 0 Å². The van der Waals surface area contributed by atoms with Crippen LogP contribution in [0.1, 0.15) is 5.56 Å². The van der Waals surface area contributed by atoms with E-state index in [1.54, 1.807) is 18.2 Å². The van der Waals surface area contributed by atoms with E-state index in [1.807, 2.05) is 0 Å². The van der Waals surface area contributed by atoms with Crippen LogP contribution >= 0.6 is 23.4 Å². The van der Waals surface area contributed by atoms with Crippen molar-refractivity contribution in [1.82, 2.24) is 15.2 Å². The summed E-state index contributed by atoms with van der Waals surface area (Å²) in [6.45, 7) is 0. The zero-order valence-electron chi connectivity index (χ0n) is 15.2. The number of nitrogens with zero attached hydrogens (tertiary/aromatic N) is 3. The number of hydrogen-bond donors (Lipinski definition) is 3. The Labute approximate surface area is 178 Å². The molecule has 0 saturated carbocycles. The molecule has 0 fully saturated rings. The number of carboxylic acid groups (broad SMARTS) is 1. The second-order valence-electron chi connectivity index (χ2n) is 5.73. The van der Waals surface area contributed by atoms with Crippen LogP contribution in [0.2, 0.25) is 5.02 Å². The van der Waals surface area contributed by atoms with Gasteiger partial charge in [-0.15, -0.1) is 5.10 Å². The highest BCUT2D eigenvalue weighted by Gasteiger charge is 2.18. The van der Waals surface area contributed by atoms with Crippen LogP contribution in [-0.4, -0.2) is 43.4 Å². The SMILES string of the molecule is COc1ccc(Cl)cc1-c1nc(S/C(=C\c2cc([N+](=O)[O-])ccc2O)C(=O)O)n[nH]1. The summed E-state index contributed by atoms with van der Waals surface area (Å²) in [6.07, 6.45) is 1.10. The summed E-state index contributed by atoms with van der Waals surface area (Å²) >= 11 is 6.72. The Bertz CT molecular complexity index is 1160. The van der Waals surface area contributed by atoms with Crippen molar-refractivity contribution in [3.8, 4) is 22.9 Å². The number of phenolic OH excluding ortho intramolecular Hbond substituents is 1. The Kier molecular flexibility index (Phi) is 6.23. The van der Waals surface area contributed by atoms with Gasteiger partial charge in [0.2, 0.25) is 5.16 Å². The standard InChI is InChI=1S/C18H13ClN4O6S/c1-29-14-5-2-10(19)8-12(14)16-20-18(22-21-16)30-15(17(25)26)7-9-6-11(23(27)28)3-4-13(9)24/h2-8,24H,1H3,(H,25,26)(H,20,21,22)/b15-7-. The van der Waals surface area contributed by atoms with Crippen LogP contribution in [0.25, 0.3) is 17.5 Å². The number of hydrogen-bond acceptors (Lipinski definition) is 8.